The molecular formula is C14H19BrN2. The van der Waals surface area contributed by atoms with E-state index in [-0.39, 0.29) is 0 Å². The van der Waals surface area contributed by atoms with Gasteiger partial charge in [-0.25, -0.2) is 0 Å². The number of piperidine rings is 1. The maximum atomic E-state index is 3.68. The van der Waals surface area contributed by atoms with Crippen molar-refractivity contribution < 1.29 is 0 Å². The van der Waals surface area contributed by atoms with E-state index in [1.54, 1.807) is 0 Å². The minimum atomic E-state index is 0.558. The van der Waals surface area contributed by atoms with E-state index in [2.05, 4.69) is 51.3 Å². The molecule has 0 radical (unpaired) electrons. The molecule has 92 valence electrons. The van der Waals surface area contributed by atoms with Crippen LogP contribution in [0.25, 0.3) is 0 Å². The Morgan fingerprint density at radius 1 is 1.35 bits per heavy atom. The number of benzene rings is 1. The van der Waals surface area contributed by atoms with Crippen LogP contribution in [0.2, 0.25) is 0 Å². The minimum absolute atomic E-state index is 0.558. The molecule has 0 amide bonds. The van der Waals surface area contributed by atoms with Gasteiger partial charge in [0.25, 0.3) is 0 Å². The summed E-state index contributed by atoms with van der Waals surface area (Å²) in [6.45, 7) is 6.96. The first-order chi connectivity index (χ1) is 8.19. The quantitative estimate of drug-likeness (QED) is 0.857. The maximum absolute atomic E-state index is 3.68. The largest absolute Gasteiger partial charge is 0.369 e. The monoisotopic (exact) mass is 294 g/mol. The van der Waals surface area contributed by atoms with Crippen LogP contribution in [-0.4, -0.2) is 26.2 Å². The fourth-order valence-electron chi connectivity index (χ4n) is 3.10. The summed E-state index contributed by atoms with van der Waals surface area (Å²) in [6, 6.07) is 6.65. The molecule has 1 aromatic carbocycles. The Morgan fingerprint density at radius 2 is 2.18 bits per heavy atom. The highest BCUT2D eigenvalue weighted by Crippen LogP contribution is 2.41. The van der Waals surface area contributed by atoms with Crippen molar-refractivity contribution in [2.75, 3.05) is 31.1 Å². The zero-order valence-electron chi connectivity index (χ0n) is 10.3. The maximum Gasteiger partial charge on any atom is 0.0511 e. The SMILES string of the molecule is Cc1ccc(N2CC3(CCCNC3)C2)c(Br)c1. The van der Waals surface area contributed by atoms with E-state index in [0.29, 0.717) is 5.41 Å². The molecule has 1 aromatic rings. The second-order valence-electron chi connectivity index (χ2n) is 5.59. The number of nitrogens with one attached hydrogen (secondary N) is 1. The fourth-order valence-corrected chi connectivity index (χ4v) is 3.85. The van der Waals surface area contributed by atoms with Gasteiger partial charge in [0, 0.05) is 29.5 Å². The highest BCUT2D eigenvalue weighted by atomic mass is 79.9. The molecule has 0 unspecified atom stereocenters. The molecule has 3 heteroatoms. The van der Waals surface area contributed by atoms with Gasteiger partial charge >= 0.3 is 0 Å². The molecule has 0 saturated carbocycles. The molecule has 3 rings (SSSR count). The molecule has 2 aliphatic heterocycles. The molecular weight excluding hydrogens is 276 g/mol. The van der Waals surface area contributed by atoms with Crippen molar-refractivity contribution in [3.05, 3.63) is 28.2 Å². The van der Waals surface area contributed by atoms with E-state index >= 15 is 0 Å². The molecule has 2 saturated heterocycles. The van der Waals surface area contributed by atoms with Gasteiger partial charge in [-0.05, 0) is 59.9 Å². The first-order valence-electron chi connectivity index (χ1n) is 6.40. The van der Waals surface area contributed by atoms with Gasteiger partial charge in [-0.2, -0.15) is 0 Å². The normalized spacial score (nSPS) is 22.6. The Balaban J connectivity index is 1.72. The van der Waals surface area contributed by atoms with Crippen LogP contribution in [0.1, 0.15) is 18.4 Å². The zero-order chi connectivity index (χ0) is 11.9. The average Bonchev–Trinajstić information content (AvgIpc) is 2.27. The van der Waals surface area contributed by atoms with Crippen LogP contribution in [0.15, 0.2) is 22.7 Å². The van der Waals surface area contributed by atoms with E-state index in [4.69, 9.17) is 0 Å². The van der Waals surface area contributed by atoms with Gasteiger partial charge in [0.05, 0.1) is 5.69 Å². The molecule has 1 spiro atoms. The van der Waals surface area contributed by atoms with E-state index in [1.165, 1.54) is 54.7 Å². The van der Waals surface area contributed by atoms with Crippen LogP contribution in [0, 0.1) is 12.3 Å². The van der Waals surface area contributed by atoms with Crippen LogP contribution in [0.3, 0.4) is 0 Å². The molecule has 2 aliphatic rings. The molecule has 0 aromatic heterocycles. The third kappa shape index (κ3) is 2.11. The van der Waals surface area contributed by atoms with Crippen molar-refractivity contribution >= 4 is 21.6 Å². The summed E-state index contributed by atoms with van der Waals surface area (Å²) in [5, 5.41) is 3.53. The van der Waals surface area contributed by atoms with Crippen LogP contribution < -0.4 is 10.2 Å². The third-order valence-electron chi connectivity index (χ3n) is 4.06. The predicted octanol–water partition coefficient (Wildman–Crippen LogP) is 2.95. The highest BCUT2D eigenvalue weighted by molar-refractivity contribution is 9.10. The van der Waals surface area contributed by atoms with Crippen LogP contribution >= 0.6 is 15.9 Å². The highest BCUT2D eigenvalue weighted by Gasteiger charge is 2.43. The van der Waals surface area contributed by atoms with Crippen molar-refractivity contribution in [3.63, 3.8) is 0 Å². The Kier molecular flexibility index (Phi) is 2.91. The summed E-state index contributed by atoms with van der Waals surface area (Å²) in [5.74, 6) is 0. The first kappa shape index (κ1) is 11.5. The lowest BCUT2D eigenvalue weighted by Gasteiger charge is -2.53. The summed E-state index contributed by atoms with van der Waals surface area (Å²) in [4.78, 5) is 2.50. The van der Waals surface area contributed by atoms with Crippen molar-refractivity contribution in [2.24, 2.45) is 5.41 Å². The van der Waals surface area contributed by atoms with Crippen molar-refractivity contribution in [2.45, 2.75) is 19.8 Å². The summed E-state index contributed by atoms with van der Waals surface area (Å²) in [7, 11) is 0. The van der Waals surface area contributed by atoms with Crippen molar-refractivity contribution in [1.82, 2.24) is 5.32 Å². The molecule has 0 atom stereocenters. The Hall–Kier alpha value is -0.540. The standard InChI is InChI=1S/C14H19BrN2/c1-11-3-4-13(12(15)7-11)17-9-14(10-17)5-2-6-16-8-14/h3-4,7,16H,2,5-6,8-10H2,1H3. The first-order valence-corrected chi connectivity index (χ1v) is 7.20. The molecule has 2 fully saturated rings. The molecule has 1 N–H and O–H groups in total. The summed E-state index contributed by atoms with van der Waals surface area (Å²) in [5.41, 5.74) is 3.23. The van der Waals surface area contributed by atoms with E-state index in [0.717, 1.165) is 0 Å². The molecule has 2 heterocycles. The van der Waals surface area contributed by atoms with Gasteiger partial charge in [-0.1, -0.05) is 6.07 Å². The van der Waals surface area contributed by atoms with Gasteiger partial charge in [-0.15, -0.1) is 0 Å². The molecule has 17 heavy (non-hydrogen) atoms. The number of hydrogen-bond acceptors (Lipinski definition) is 2. The molecule has 0 aliphatic carbocycles. The van der Waals surface area contributed by atoms with E-state index in [1.807, 2.05) is 0 Å². The summed E-state index contributed by atoms with van der Waals surface area (Å²) >= 11 is 3.68. The zero-order valence-corrected chi connectivity index (χ0v) is 11.9. The van der Waals surface area contributed by atoms with Gasteiger partial charge in [-0.3, -0.25) is 0 Å². The Morgan fingerprint density at radius 3 is 2.82 bits per heavy atom. The Bertz CT molecular complexity index is 416. The van der Waals surface area contributed by atoms with Crippen LogP contribution in [-0.2, 0) is 0 Å². The van der Waals surface area contributed by atoms with Crippen LogP contribution in [0.4, 0.5) is 5.69 Å². The molecule has 2 nitrogen and oxygen atoms in total. The van der Waals surface area contributed by atoms with Crippen molar-refractivity contribution in [3.8, 4) is 0 Å². The summed E-state index contributed by atoms with van der Waals surface area (Å²) in [6.07, 6.45) is 2.73. The summed E-state index contributed by atoms with van der Waals surface area (Å²) < 4.78 is 1.23. The topological polar surface area (TPSA) is 15.3 Å². The fraction of sp³-hybridized carbons (Fsp3) is 0.571. The number of halogens is 1. The average molecular weight is 295 g/mol. The van der Waals surface area contributed by atoms with E-state index in [9.17, 15) is 0 Å². The second kappa shape index (κ2) is 4.29. The van der Waals surface area contributed by atoms with Gasteiger partial charge in [0.2, 0.25) is 0 Å². The lowest BCUT2D eigenvalue weighted by molar-refractivity contribution is 0.156. The minimum Gasteiger partial charge on any atom is -0.369 e. The van der Waals surface area contributed by atoms with Crippen LogP contribution in [0.5, 0.6) is 0 Å². The molecule has 0 bridgehead atoms. The van der Waals surface area contributed by atoms with Gasteiger partial charge in [0.1, 0.15) is 0 Å². The number of hydrogen-bond donors (Lipinski definition) is 1. The number of rotatable bonds is 1. The number of aryl methyl sites for hydroxylation is 1. The number of anilines is 1. The van der Waals surface area contributed by atoms with Gasteiger partial charge in [0.15, 0.2) is 0 Å². The lowest BCUT2D eigenvalue weighted by Crippen LogP contribution is -2.62. The predicted molar refractivity (Wildman–Crippen MR) is 75.6 cm³/mol. The smallest absolute Gasteiger partial charge is 0.0511 e. The lowest BCUT2D eigenvalue weighted by atomic mass is 9.74. The Labute approximate surface area is 112 Å². The van der Waals surface area contributed by atoms with E-state index < -0.39 is 0 Å². The number of nitrogens with zero attached hydrogens (tertiary/aromatic N) is 1. The van der Waals surface area contributed by atoms with Crippen molar-refractivity contribution in [1.29, 1.82) is 0 Å². The van der Waals surface area contributed by atoms with Gasteiger partial charge < -0.3 is 10.2 Å². The second-order valence-corrected chi connectivity index (χ2v) is 6.45. The third-order valence-corrected chi connectivity index (χ3v) is 4.69.